The van der Waals surface area contributed by atoms with Gasteiger partial charge in [0.25, 0.3) is 0 Å². The molecule has 16 heteroatoms. The van der Waals surface area contributed by atoms with Gasteiger partial charge in [-0.15, -0.1) is 172 Å². The van der Waals surface area contributed by atoms with Crippen LogP contribution in [0.1, 0.15) is 55.4 Å². The number of aliphatic hydroxyl groups excluding tert-OH is 2. The number of ketones is 2. The molecule has 11 nitrogen and oxygen atoms in total. The summed E-state index contributed by atoms with van der Waals surface area (Å²) in [7, 11) is 0. The number of fused-ring (bicyclic) bond motifs is 7. The molecule has 0 amide bonds. The van der Waals surface area contributed by atoms with Crippen LogP contribution >= 0.6 is 12.4 Å². The maximum absolute atomic E-state index is 11.5. The molecule has 2 aliphatic heterocycles. The molecule has 2 N–H and O–H groups in total. The molecule has 633 valence electrons. The normalized spacial score (nSPS) is 12.1. The Kier molecular flexibility index (Phi) is 39.9. The summed E-state index contributed by atoms with van der Waals surface area (Å²) >= 11 is 0. The summed E-state index contributed by atoms with van der Waals surface area (Å²) in [6.07, 6.45) is 19.4. The number of nitrogens with zero attached hydrogens (tertiary/aromatic N) is 7. The average Bonchev–Trinajstić information content (AvgIpc) is 0.805. The summed E-state index contributed by atoms with van der Waals surface area (Å²) in [6, 6.07) is 125. The maximum atomic E-state index is 11.5. The second kappa shape index (κ2) is 49.9. The van der Waals surface area contributed by atoms with E-state index < -0.39 is 5.41 Å². The Morgan fingerprint density at radius 2 is 0.648 bits per heavy atom. The Bertz CT molecular complexity index is 5950. The zero-order valence-corrected chi connectivity index (χ0v) is 80.4. The summed E-state index contributed by atoms with van der Waals surface area (Å²) in [5.74, 6) is 0.0415. The van der Waals surface area contributed by atoms with Crippen LogP contribution in [-0.2, 0) is 90.0 Å². The molecule has 0 atom stereocenters. The zero-order chi connectivity index (χ0) is 84.1. The smallest absolute Gasteiger partial charge is 0.665 e. The van der Waals surface area contributed by atoms with Crippen LogP contribution in [-0.4, -0.2) is 46.7 Å². The predicted molar refractivity (Wildman–Crippen MR) is 504 cm³/mol. The second-order valence-electron chi connectivity index (χ2n) is 30.0. The van der Waals surface area contributed by atoms with Crippen LogP contribution < -0.4 is 0 Å². The Morgan fingerprint density at radius 1 is 0.336 bits per heavy atom. The van der Waals surface area contributed by atoms with Gasteiger partial charge in [0.1, 0.15) is 5.76 Å². The molecule has 12 aromatic carbocycles. The van der Waals surface area contributed by atoms with Gasteiger partial charge in [-0.05, 0) is 94.2 Å². The largest absolute Gasteiger partial charge is 3.00 e. The van der Waals surface area contributed by atoms with Crippen molar-refractivity contribution in [2.45, 2.75) is 55.4 Å². The number of para-hydroxylation sites is 4. The summed E-state index contributed by atoms with van der Waals surface area (Å²) < 4.78 is 0. The molecule has 125 heavy (non-hydrogen) atoms. The van der Waals surface area contributed by atoms with Gasteiger partial charge in [0.2, 0.25) is 0 Å². The van der Waals surface area contributed by atoms with E-state index in [1.807, 2.05) is 260 Å². The van der Waals surface area contributed by atoms with Crippen molar-refractivity contribution in [1.82, 2.24) is 24.9 Å². The average molecular weight is 2370 g/mol. The van der Waals surface area contributed by atoms with E-state index in [1.54, 1.807) is 18.6 Å². The van der Waals surface area contributed by atoms with E-state index in [0.29, 0.717) is 0 Å². The maximum Gasteiger partial charge on any atom is 3.00 e. The number of pyridine rings is 5. The molecule has 0 unspecified atom stereocenters. The number of allylic oxidation sites excluding steroid dienone is 10. The second-order valence-corrected chi connectivity index (χ2v) is 30.0. The van der Waals surface area contributed by atoms with E-state index in [4.69, 9.17) is 20.1 Å². The van der Waals surface area contributed by atoms with Crippen molar-refractivity contribution in [3.8, 4) is 56.3 Å². The number of hydrogen-bond donors (Lipinski definition) is 2. The third-order valence-corrected chi connectivity index (χ3v) is 18.7. The number of aromatic nitrogens is 5. The van der Waals surface area contributed by atoms with Crippen LogP contribution in [0.4, 0.5) is 0 Å². The van der Waals surface area contributed by atoms with Crippen LogP contribution in [0.5, 0.6) is 0 Å². The topological polar surface area (TPSA) is 167 Å². The van der Waals surface area contributed by atoms with Gasteiger partial charge in [-0.1, -0.05) is 300 Å². The van der Waals surface area contributed by atoms with Gasteiger partial charge < -0.3 is 25.8 Å². The first-order valence-corrected chi connectivity index (χ1v) is 39.4. The van der Waals surface area contributed by atoms with Crippen LogP contribution in [0.3, 0.4) is 0 Å². The van der Waals surface area contributed by atoms with Gasteiger partial charge >= 0.3 is 20.1 Å². The first-order valence-electron chi connectivity index (χ1n) is 39.4. The molecule has 0 saturated carbocycles. The summed E-state index contributed by atoms with van der Waals surface area (Å²) in [5, 5.41) is 38.2. The Balaban J connectivity index is 0.000000198. The van der Waals surface area contributed by atoms with Crippen LogP contribution in [0.15, 0.2) is 412 Å². The monoisotopic (exact) mass is 2370 g/mol. The molecular formula is C109H91ClIr4N7O4-4. The minimum Gasteiger partial charge on any atom is -0.665 e. The van der Waals surface area contributed by atoms with Crippen molar-refractivity contribution in [2.24, 2.45) is 10.8 Å². The van der Waals surface area contributed by atoms with Gasteiger partial charge in [0.05, 0.1) is 27.8 Å². The Morgan fingerprint density at radius 3 is 0.928 bits per heavy atom. The van der Waals surface area contributed by atoms with Gasteiger partial charge in [-0.25, -0.2) is 0 Å². The SMILES string of the molecule is C1=C[N-]C(=C2C=CC=C[N-]2)C=C1.CC(=O)C=C(C)O.CC(C)(C)C(=O)C=C(O)C(C)(C)C.Cl.[Ir+3].[Ir].[Ir].[Ir].[c-]1cc2ccccc2cc1-c1ccc2ccccc2n1.[c-]1cc2ccccc2cc1-c1ccc2ccccc2n1.[c-]1cc2ccccc2cc1-c1ccc2ccccc2n1.[c-]1ccccc1-c1ccc2ccccc2n1.[c-]1ccccc1-c1ccccn1. The minimum absolute atomic E-state index is 0. The molecule has 17 aromatic rings. The zero-order valence-electron chi connectivity index (χ0n) is 70.0. The van der Waals surface area contributed by atoms with Gasteiger partial charge in [0.15, 0.2) is 11.6 Å². The van der Waals surface area contributed by atoms with Crippen LogP contribution in [0.25, 0.3) is 143 Å². The first-order chi connectivity index (χ1) is 58.2. The molecule has 5 aromatic heterocycles. The molecule has 3 radical (unpaired) electrons. The number of benzene rings is 12. The van der Waals surface area contributed by atoms with Crippen LogP contribution in [0.2, 0.25) is 0 Å². The summed E-state index contributed by atoms with van der Waals surface area (Å²) in [5.41, 5.74) is 15.2. The van der Waals surface area contributed by atoms with Crippen molar-refractivity contribution in [1.29, 1.82) is 0 Å². The van der Waals surface area contributed by atoms with E-state index in [-0.39, 0.29) is 121 Å². The molecule has 0 saturated heterocycles. The molecule has 0 spiro atoms. The molecule has 19 rings (SSSR count). The fraction of sp³-hybridized carbons (Fsp3) is 0.0917. The van der Waals surface area contributed by atoms with Crippen molar-refractivity contribution >= 4 is 99.9 Å². The van der Waals surface area contributed by atoms with E-state index in [9.17, 15) is 14.7 Å². The number of carbonyl (C=O) groups is 2. The third-order valence-electron chi connectivity index (χ3n) is 18.7. The van der Waals surface area contributed by atoms with E-state index >= 15 is 0 Å². The van der Waals surface area contributed by atoms with Crippen LogP contribution in [0, 0.1) is 41.2 Å². The number of aliphatic hydroxyl groups is 2. The predicted octanol–water partition coefficient (Wildman–Crippen LogP) is 28.5. The van der Waals surface area contributed by atoms with Crippen molar-refractivity contribution in [2.75, 3.05) is 0 Å². The Hall–Kier alpha value is -12.2. The number of halogens is 1. The Labute approximate surface area is 793 Å². The summed E-state index contributed by atoms with van der Waals surface area (Å²) in [6.45, 7) is 14.0. The number of rotatable bonds is 7. The van der Waals surface area contributed by atoms with Crippen molar-refractivity contribution in [3.63, 3.8) is 0 Å². The fourth-order valence-corrected chi connectivity index (χ4v) is 12.2. The van der Waals surface area contributed by atoms with E-state index in [2.05, 4.69) is 190 Å². The van der Waals surface area contributed by atoms with Gasteiger partial charge in [-0.2, -0.15) is 23.8 Å². The minimum atomic E-state index is -0.417. The first kappa shape index (κ1) is 99.9. The molecular weight excluding hydrogens is 2280 g/mol. The standard InChI is InChI=1S/3C19H12N.C15H10N.C11H8N.C11H20O2.C10H8N2.C5H8O2.ClH.4Ir/c3*1-2-7-16-13-17(10-9-14(16)5-1)19-12-11-15-6-3-4-8-18(15)20-19;1-2-6-12(7-3-1)15-11-10-13-8-4-5-9-14(13)16-15;1-2-6-10(7-3-1)11-8-4-5-9-12-11;1-10(2,3)8(12)7-9(13)11(4,5)6;1-3-7-11-9(5-1)10-6-2-4-8-12-10;1-4(6)3-5(2)7;;;;;/h3*1-9,11-13H;1-6,8-11H;1-6,8-9H;7,12H,1-6H3;1-8H;3,6H,1-2H3;1H;;;;/q5*-1;;-2;;;;;;+3. The third kappa shape index (κ3) is 30.1. The van der Waals surface area contributed by atoms with Gasteiger partial charge in [-0.3, -0.25) is 29.5 Å². The number of hydrogen-bond acceptors (Lipinski definition) is 9. The number of carbonyl (C=O) groups excluding carboxylic acids is 2. The molecule has 0 bridgehead atoms. The van der Waals surface area contributed by atoms with E-state index in [0.717, 1.165) is 106 Å². The molecule has 7 heterocycles. The summed E-state index contributed by atoms with van der Waals surface area (Å²) in [4.78, 5) is 44.5. The molecule has 0 fully saturated rings. The van der Waals surface area contributed by atoms with E-state index in [1.165, 1.54) is 63.7 Å². The quantitative estimate of drug-likeness (QED) is 0.0897. The van der Waals surface area contributed by atoms with Crippen molar-refractivity contribution < 1.29 is 100 Å². The molecule has 0 aliphatic carbocycles. The fourth-order valence-electron chi connectivity index (χ4n) is 12.2. The van der Waals surface area contributed by atoms with Crippen molar-refractivity contribution in [3.05, 3.63) is 453 Å². The molecule has 2 aliphatic rings. The van der Waals surface area contributed by atoms with Gasteiger partial charge in [0, 0.05) is 89.5 Å².